The number of para-hydroxylation sites is 1. The van der Waals surface area contributed by atoms with Crippen molar-refractivity contribution in [3.63, 3.8) is 0 Å². The fourth-order valence-electron chi connectivity index (χ4n) is 3.55. The van der Waals surface area contributed by atoms with Crippen LogP contribution < -0.4 is 20.1 Å². The van der Waals surface area contributed by atoms with Crippen molar-refractivity contribution in [2.75, 3.05) is 39.7 Å². The molecule has 0 fully saturated rings. The van der Waals surface area contributed by atoms with Crippen LogP contribution in [0, 0.1) is 0 Å². The van der Waals surface area contributed by atoms with Crippen LogP contribution in [0.4, 0.5) is 5.69 Å². The molecule has 0 atom stereocenters. The second-order valence-electron chi connectivity index (χ2n) is 7.00. The minimum Gasteiger partial charge on any atom is -0.493 e. The number of nitrogens with zero attached hydrogens (tertiary/aromatic N) is 1. The van der Waals surface area contributed by atoms with E-state index in [4.69, 9.17) is 9.47 Å². The molecule has 2 N–H and O–H groups in total. The van der Waals surface area contributed by atoms with Crippen molar-refractivity contribution in [3.05, 3.63) is 53.1 Å². The SMILES string of the molecule is CNCCC(=O)Nc1ccccc1CN1CCc2cc(OC)c(OC)cc2C1. The van der Waals surface area contributed by atoms with Gasteiger partial charge >= 0.3 is 0 Å². The lowest BCUT2D eigenvalue weighted by atomic mass is 9.98. The second-order valence-corrected chi connectivity index (χ2v) is 7.00. The number of hydrogen-bond donors (Lipinski definition) is 2. The maximum Gasteiger partial charge on any atom is 0.225 e. The summed E-state index contributed by atoms with van der Waals surface area (Å²) >= 11 is 0. The van der Waals surface area contributed by atoms with Crippen LogP contribution in [0.25, 0.3) is 0 Å². The first-order valence-electron chi connectivity index (χ1n) is 9.63. The number of anilines is 1. The van der Waals surface area contributed by atoms with Crippen LogP contribution in [0.3, 0.4) is 0 Å². The standard InChI is InChI=1S/C22H29N3O3/c1-23-10-8-22(26)24-19-7-5-4-6-17(19)14-25-11-9-16-12-20(27-2)21(28-3)13-18(16)15-25/h4-7,12-13,23H,8-11,14-15H2,1-3H3,(H,24,26). The molecule has 1 amide bonds. The van der Waals surface area contributed by atoms with Crippen LogP contribution in [-0.4, -0.2) is 45.2 Å². The van der Waals surface area contributed by atoms with Crippen LogP contribution in [0.15, 0.2) is 36.4 Å². The van der Waals surface area contributed by atoms with Crippen molar-refractivity contribution in [2.24, 2.45) is 0 Å². The molecule has 0 aromatic heterocycles. The van der Waals surface area contributed by atoms with Gasteiger partial charge in [0, 0.05) is 38.3 Å². The molecule has 6 nitrogen and oxygen atoms in total. The third kappa shape index (κ3) is 4.82. The molecule has 0 saturated heterocycles. The Labute approximate surface area is 166 Å². The number of fused-ring (bicyclic) bond motifs is 1. The Morgan fingerprint density at radius 3 is 2.54 bits per heavy atom. The Balaban J connectivity index is 1.71. The quantitative estimate of drug-likeness (QED) is 0.734. The first kappa shape index (κ1) is 20.2. The van der Waals surface area contributed by atoms with Crippen molar-refractivity contribution < 1.29 is 14.3 Å². The number of rotatable bonds is 8. The third-order valence-electron chi connectivity index (χ3n) is 5.08. The largest absolute Gasteiger partial charge is 0.493 e. The van der Waals surface area contributed by atoms with Crippen molar-refractivity contribution in [1.29, 1.82) is 0 Å². The van der Waals surface area contributed by atoms with Gasteiger partial charge in [-0.3, -0.25) is 9.69 Å². The lowest BCUT2D eigenvalue weighted by molar-refractivity contribution is -0.116. The van der Waals surface area contributed by atoms with Crippen LogP contribution in [0.2, 0.25) is 0 Å². The Morgan fingerprint density at radius 2 is 1.82 bits per heavy atom. The molecular weight excluding hydrogens is 354 g/mol. The molecule has 28 heavy (non-hydrogen) atoms. The molecule has 0 unspecified atom stereocenters. The zero-order valence-corrected chi connectivity index (χ0v) is 16.9. The van der Waals surface area contributed by atoms with Gasteiger partial charge in [-0.25, -0.2) is 0 Å². The topological polar surface area (TPSA) is 62.8 Å². The highest BCUT2D eigenvalue weighted by Gasteiger charge is 2.20. The Hall–Kier alpha value is -2.57. The van der Waals surface area contributed by atoms with Crippen molar-refractivity contribution in [1.82, 2.24) is 10.2 Å². The molecular formula is C22H29N3O3. The van der Waals surface area contributed by atoms with Crippen molar-refractivity contribution in [3.8, 4) is 11.5 Å². The van der Waals surface area contributed by atoms with E-state index >= 15 is 0 Å². The molecule has 0 spiro atoms. The van der Waals surface area contributed by atoms with E-state index in [0.717, 1.165) is 48.8 Å². The summed E-state index contributed by atoms with van der Waals surface area (Å²) < 4.78 is 10.9. The van der Waals surface area contributed by atoms with Crippen LogP contribution >= 0.6 is 0 Å². The van der Waals surface area contributed by atoms with Crippen LogP contribution in [0.5, 0.6) is 11.5 Å². The molecule has 2 aromatic rings. The third-order valence-corrected chi connectivity index (χ3v) is 5.08. The van der Waals surface area contributed by atoms with E-state index in [1.54, 1.807) is 14.2 Å². The number of amides is 1. The maximum absolute atomic E-state index is 12.1. The molecule has 1 heterocycles. The molecule has 2 aromatic carbocycles. The predicted molar refractivity (Wildman–Crippen MR) is 111 cm³/mol. The van der Waals surface area contributed by atoms with E-state index in [9.17, 15) is 4.79 Å². The summed E-state index contributed by atoms with van der Waals surface area (Å²) in [4.78, 5) is 14.5. The number of carbonyl (C=O) groups excluding carboxylic acids is 1. The van der Waals surface area contributed by atoms with Gasteiger partial charge < -0.3 is 20.1 Å². The predicted octanol–water partition coefficient (Wildman–Crippen LogP) is 2.81. The Bertz CT molecular complexity index is 823. The van der Waals surface area contributed by atoms with E-state index in [0.29, 0.717) is 13.0 Å². The molecule has 3 rings (SSSR count). The van der Waals surface area contributed by atoms with Gasteiger partial charge in [0.2, 0.25) is 5.91 Å². The minimum atomic E-state index is 0.0302. The van der Waals surface area contributed by atoms with Gasteiger partial charge in [0.05, 0.1) is 14.2 Å². The molecule has 1 aliphatic heterocycles. The van der Waals surface area contributed by atoms with Crippen LogP contribution in [-0.2, 0) is 24.3 Å². The molecule has 6 heteroatoms. The molecule has 0 bridgehead atoms. The lowest BCUT2D eigenvalue weighted by Crippen LogP contribution is -2.30. The first-order chi connectivity index (χ1) is 13.6. The summed E-state index contributed by atoms with van der Waals surface area (Å²) in [7, 11) is 5.18. The number of hydrogen-bond acceptors (Lipinski definition) is 5. The van der Waals surface area contributed by atoms with E-state index in [1.807, 2.05) is 25.2 Å². The number of nitrogens with one attached hydrogen (secondary N) is 2. The van der Waals surface area contributed by atoms with Gasteiger partial charge in [-0.2, -0.15) is 0 Å². The molecule has 0 aliphatic carbocycles. The fraction of sp³-hybridized carbons (Fsp3) is 0.409. The zero-order valence-electron chi connectivity index (χ0n) is 16.9. The number of methoxy groups -OCH3 is 2. The Morgan fingerprint density at radius 1 is 1.11 bits per heavy atom. The highest BCUT2D eigenvalue weighted by atomic mass is 16.5. The average molecular weight is 383 g/mol. The first-order valence-corrected chi connectivity index (χ1v) is 9.63. The van der Waals surface area contributed by atoms with Gasteiger partial charge in [0.1, 0.15) is 0 Å². The number of ether oxygens (including phenoxy) is 2. The van der Waals surface area contributed by atoms with Gasteiger partial charge in [-0.15, -0.1) is 0 Å². The van der Waals surface area contributed by atoms with E-state index < -0.39 is 0 Å². The van der Waals surface area contributed by atoms with Crippen molar-refractivity contribution in [2.45, 2.75) is 25.9 Å². The zero-order chi connectivity index (χ0) is 19.9. The van der Waals surface area contributed by atoms with E-state index in [1.165, 1.54) is 11.1 Å². The van der Waals surface area contributed by atoms with E-state index in [2.05, 4.69) is 33.7 Å². The lowest BCUT2D eigenvalue weighted by Gasteiger charge is -2.30. The minimum absolute atomic E-state index is 0.0302. The maximum atomic E-state index is 12.1. The summed E-state index contributed by atoms with van der Waals surface area (Å²) in [5.41, 5.74) is 4.59. The van der Waals surface area contributed by atoms with Gasteiger partial charge in [0.25, 0.3) is 0 Å². The molecule has 0 saturated carbocycles. The summed E-state index contributed by atoms with van der Waals surface area (Å²) in [6.07, 6.45) is 1.43. The van der Waals surface area contributed by atoms with Crippen LogP contribution in [0.1, 0.15) is 23.1 Å². The van der Waals surface area contributed by atoms with Gasteiger partial charge in [-0.1, -0.05) is 18.2 Å². The van der Waals surface area contributed by atoms with Gasteiger partial charge in [0.15, 0.2) is 11.5 Å². The highest BCUT2D eigenvalue weighted by molar-refractivity contribution is 5.91. The Kier molecular flexibility index (Phi) is 6.90. The monoisotopic (exact) mass is 383 g/mol. The van der Waals surface area contributed by atoms with Gasteiger partial charge in [-0.05, 0) is 48.4 Å². The summed E-state index contributed by atoms with van der Waals surface area (Å²) in [6.45, 7) is 3.26. The number of benzene rings is 2. The second kappa shape index (κ2) is 9.57. The average Bonchev–Trinajstić information content (AvgIpc) is 2.72. The molecule has 0 radical (unpaired) electrons. The van der Waals surface area contributed by atoms with E-state index in [-0.39, 0.29) is 5.91 Å². The fourth-order valence-corrected chi connectivity index (χ4v) is 3.55. The smallest absolute Gasteiger partial charge is 0.225 e. The summed E-state index contributed by atoms with van der Waals surface area (Å²) in [6, 6.07) is 12.2. The molecule has 1 aliphatic rings. The highest BCUT2D eigenvalue weighted by Crippen LogP contribution is 2.33. The normalized spacial score (nSPS) is 13.7. The molecule has 150 valence electrons. The summed E-state index contributed by atoms with van der Waals surface area (Å²) in [5.74, 6) is 1.58. The summed E-state index contributed by atoms with van der Waals surface area (Å²) in [5, 5.41) is 6.05. The number of carbonyl (C=O) groups is 1. The van der Waals surface area contributed by atoms with Crippen molar-refractivity contribution >= 4 is 11.6 Å².